The summed E-state index contributed by atoms with van der Waals surface area (Å²) in [4.78, 5) is 47.6. The molecule has 0 aromatic carbocycles. The second kappa shape index (κ2) is 9.13. The summed E-state index contributed by atoms with van der Waals surface area (Å²) in [7, 11) is 0. The summed E-state index contributed by atoms with van der Waals surface area (Å²) >= 11 is 0. The topological polar surface area (TPSA) is 142 Å². The Labute approximate surface area is 178 Å². The van der Waals surface area contributed by atoms with Gasteiger partial charge in [0.05, 0.1) is 22.7 Å². The molecule has 2 amide bonds. The molecule has 5 N–H and O–H groups in total. The molecule has 1 fully saturated rings. The molecule has 0 aliphatic carbocycles. The van der Waals surface area contributed by atoms with Gasteiger partial charge in [0.25, 0.3) is 11.7 Å². The number of pyridine rings is 1. The Morgan fingerprint density at radius 1 is 1.26 bits per heavy atom. The predicted octanol–water partition coefficient (Wildman–Crippen LogP) is 0.712. The van der Waals surface area contributed by atoms with Crippen LogP contribution in [0, 0.1) is 11.7 Å². The van der Waals surface area contributed by atoms with Crippen molar-refractivity contribution >= 4 is 34.3 Å². The van der Waals surface area contributed by atoms with Crippen molar-refractivity contribution in [3.63, 3.8) is 0 Å². The zero-order chi connectivity index (χ0) is 22.7. The van der Waals surface area contributed by atoms with Crippen molar-refractivity contribution in [3.8, 4) is 0 Å². The number of nitrogens with two attached hydrogens (primary N) is 2. The van der Waals surface area contributed by atoms with Gasteiger partial charge in [-0.3, -0.25) is 19.4 Å². The lowest BCUT2D eigenvalue weighted by atomic mass is 10.1. The minimum absolute atomic E-state index is 0.0324. The number of aromatic amines is 1. The molecule has 0 radical (unpaired) electrons. The van der Waals surface area contributed by atoms with Crippen molar-refractivity contribution in [2.45, 2.75) is 20.3 Å². The van der Waals surface area contributed by atoms with Gasteiger partial charge in [0.2, 0.25) is 5.91 Å². The van der Waals surface area contributed by atoms with Crippen LogP contribution in [0.1, 0.15) is 30.6 Å². The number of Topliss-reactive ketones (excluding diaryl/α,β-unsaturated/α-hetero) is 1. The van der Waals surface area contributed by atoms with Crippen LogP contribution in [0.4, 0.5) is 10.2 Å². The Kier molecular flexibility index (Phi) is 6.54. The van der Waals surface area contributed by atoms with E-state index in [0.29, 0.717) is 19.5 Å². The molecule has 0 bridgehead atoms. The van der Waals surface area contributed by atoms with E-state index in [4.69, 9.17) is 11.6 Å². The maximum atomic E-state index is 14.5. The van der Waals surface area contributed by atoms with Crippen LogP contribution < -0.4 is 16.6 Å². The number of amides is 2. The monoisotopic (exact) mass is 431 g/mol. The van der Waals surface area contributed by atoms with Gasteiger partial charge in [-0.15, -0.1) is 0 Å². The van der Waals surface area contributed by atoms with Gasteiger partial charge in [-0.1, -0.05) is 13.8 Å². The fourth-order valence-electron chi connectivity index (χ4n) is 3.53. The first-order chi connectivity index (χ1) is 14.7. The van der Waals surface area contributed by atoms with E-state index < -0.39 is 17.5 Å². The lowest BCUT2D eigenvalue weighted by Crippen LogP contribution is -2.52. The summed E-state index contributed by atoms with van der Waals surface area (Å²) in [5.41, 5.74) is 5.39. The summed E-state index contributed by atoms with van der Waals surface area (Å²) in [5.74, 6) is 3.89. The Bertz CT molecular complexity index is 1030. The smallest absolute Gasteiger partial charge is 0.295 e. The van der Waals surface area contributed by atoms with Gasteiger partial charge >= 0.3 is 0 Å². The van der Waals surface area contributed by atoms with Gasteiger partial charge in [0, 0.05) is 51.2 Å². The van der Waals surface area contributed by atoms with E-state index in [1.807, 2.05) is 13.8 Å². The van der Waals surface area contributed by atoms with Gasteiger partial charge in [0.1, 0.15) is 0 Å². The molecular weight excluding hydrogens is 405 g/mol. The zero-order valence-electron chi connectivity index (χ0n) is 17.5. The summed E-state index contributed by atoms with van der Waals surface area (Å²) < 4.78 is 14.5. The number of fused-ring (bicyclic) bond motifs is 1. The van der Waals surface area contributed by atoms with Gasteiger partial charge in [-0.25, -0.2) is 15.2 Å². The van der Waals surface area contributed by atoms with E-state index in [-0.39, 0.29) is 47.2 Å². The van der Waals surface area contributed by atoms with Crippen LogP contribution in [0.25, 0.3) is 10.9 Å². The predicted molar refractivity (Wildman–Crippen MR) is 113 cm³/mol. The Morgan fingerprint density at radius 3 is 2.52 bits per heavy atom. The van der Waals surface area contributed by atoms with Crippen LogP contribution in [0.3, 0.4) is 0 Å². The van der Waals surface area contributed by atoms with Crippen LogP contribution in [-0.4, -0.2) is 63.5 Å². The van der Waals surface area contributed by atoms with Gasteiger partial charge in [0.15, 0.2) is 11.6 Å². The van der Waals surface area contributed by atoms with Crippen LogP contribution in [0.2, 0.25) is 0 Å². The van der Waals surface area contributed by atoms with E-state index in [1.54, 1.807) is 4.90 Å². The molecule has 166 valence electrons. The number of aromatic nitrogens is 2. The van der Waals surface area contributed by atoms with Gasteiger partial charge in [-0.2, -0.15) is 0 Å². The van der Waals surface area contributed by atoms with E-state index in [0.717, 1.165) is 11.2 Å². The quantitative estimate of drug-likeness (QED) is 0.265. The van der Waals surface area contributed by atoms with Crippen molar-refractivity contribution < 1.29 is 18.8 Å². The minimum Gasteiger partial charge on any atom is -0.403 e. The highest BCUT2D eigenvalue weighted by Crippen LogP contribution is 2.28. The molecule has 3 rings (SSSR count). The van der Waals surface area contributed by atoms with Crippen molar-refractivity contribution in [2.75, 3.05) is 31.2 Å². The molecular formula is C20H26FN7O3. The van der Waals surface area contributed by atoms with E-state index in [2.05, 4.69) is 9.97 Å². The second-order valence-corrected chi connectivity index (χ2v) is 7.73. The molecule has 1 aliphatic rings. The molecule has 0 spiro atoms. The number of H-pyrrole nitrogens is 1. The Morgan fingerprint density at radius 2 is 1.90 bits per heavy atom. The number of nitrogens with zero attached hydrogens (tertiary/aromatic N) is 4. The Hall–Kier alpha value is -3.47. The Balaban J connectivity index is 1.78. The number of hydrogen-bond donors (Lipinski definition) is 3. The minimum atomic E-state index is -0.845. The van der Waals surface area contributed by atoms with Crippen LogP contribution in [0.15, 0.2) is 24.8 Å². The number of ketones is 1. The SMILES string of the molecule is CC(C)CC(=O)N1CCN(C(=O)C(=O)c2c[nH]c3c(N(N)/C=C\N)ncc(F)c23)CC1. The molecule has 0 saturated carbocycles. The third kappa shape index (κ3) is 4.50. The van der Waals surface area contributed by atoms with Crippen LogP contribution in [-0.2, 0) is 9.59 Å². The van der Waals surface area contributed by atoms with E-state index in [9.17, 15) is 18.8 Å². The number of anilines is 1. The summed E-state index contributed by atoms with van der Waals surface area (Å²) in [6.07, 6.45) is 5.13. The van der Waals surface area contributed by atoms with Gasteiger partial charge < -0.3 is 20.5 Å². The molecule has 31 heavy (non-hydrogen) atoms. The summed E-state index contributed by atoms with van der Waals surface area (Å²) in [6.45, 7) is 5.12. The first-order valence-corrected chi connectivity index (χ1v) is 9.93. The van der Waals surface area contributed by atoms with Crippen molar-refractivity contribution in [1.82, 2.24) is 19.8 Å². The first kappa shape index (κ1) is 22.2. The molecule has 1 saturated heterocycles. The molecule has 0 atom stereocenters. The van der Waals surface area contributed by atoms with Gasteiger partial charge in [-0.05, 0) is 5.92 Å². The molecule has 3 heterocycles. The van der Waals surface area contributed by atoms with Crippen LogP contribution in [0.5, 0.6) is 0 Å². The fourth-order valence-corrected chi connectivity index (χ4v) is 3.53. The standard InChI is InChI=1S/C20H26FN7O3/c1-12(2)9-15(29)26-5-7-27(8-6-26)20(31)18(30)13-10-24-17-16(13)14(21)11-25-19(17)28(23)4-3-22/h3-4,10-12,24H,5-9,22-23H2,1-2H3/b4-3-. The number of piperazine rings is 1. The average molecular weight is 431 g/mol. The molecule has 1 aliphatic heterocycles. The third-order valence-corrected chi connectivity index (χ3v) is 5.08. The molecule has 10 nitrogen and oxygen atoms in total. The van der Waals surface area contributed by atoms with Crippen LogP contribution >= 0.6 is 0 Å². The number of nitrogens with one attached hydrogen (secondary N) is 1. The molecule has 11 heteroatoms. The normalized spacial score (nSPS) is 14.6. The third-order valence-electron chi connectivity index (χ3n) is 5.08. The molecule has 2 aromatic heterocycles. The number of hydrazine groups is 1. The lowest BCUT2D eigenvalue weighted by molar-refractivity contribution is -0.137. The number of halogens is 1. The first-order valence-electron chi connectivity index (χ1n) is 9.93. The number of carbonyl (C=O) groups is 3. The van der Waals surface area contributed by atoms with Crippen molar-refractivity contribution in [1.29, 1.82) is 0 Å². The summed E-state index contributed by atoms with van der Waals surface area (Å²) in [5, 5.41) is 0.997. The highest BCUT2D eigenvalue weighted by Gasteiger charge is 2.31. The highest BCUT2D eigenvalue weighted by atomic mass is 19.1. The number of rotatable bonds is 6. The summed E-state index contributed by atoms with van der Waals surface area (Å²) in [6, 6.07) is 0. The maximum absolute atomic E-state index is 14.5. The number of hydrogen-bond acceptors (Lipinski definition) is 7. The van der Waals surface area contributed by atoms with Crippen molar-refractivity contribution in [3.05, 3.63) is 36.2 Å². The largest absolute Gasteiger partial charge is 0.403 e. The fraction of sp³-hybridized carbons (Fsp3) is 0.400. The van der Waals surface area contributed by atoms with Crippen molar-refractivity contribution in [2.24, 2.45) is 17.5 Å². The highest BCUT2D eigenvalue weighted by molar-refractivity contribution is 6.45. The second-order valence-electron chi connectivity index (χ2n) is 7.73. The average Bonchev–Trinajstić information content (AvgIpc) is 3.18. The molecule has 2 aromatic rings. The van der Waals surface area contributed by atoms with E-state index >= 15 is 0 Å². The van der Waals surface area contributed by atoms with E-state index in [1.165, 1.54) is 23.5 Å². The zero-order valence-corrected chi connectivity index (χ0v) is 17.5. The maximum Gasteiger partial charge on any atom is 0.295 e. The lowest BCUT2D eigenvalue weighted by Gasteiger charge is -2.34. The molecule has 0 unspecified atom stereocenters. The number of carbonyl (C=O) groups excluding carboxylic acids is 3.